The fourth-order valence-electron chi connectivity index (χ4n) is 3.33. The van der Waals surface area contributed by atoms with Gasteiger partial charge in [0.15, 0.2) is 18.2 Å². The second-order valence-corrected chi connectivity index (χ2v) is 6.85. The molecule has 0 spiro atoms. The van der Waals surface area contributed by atoms with E-state index in [4.69, 9.17) is 9.15 Å². The van der Waals surface area contributed by atoms with Gasteiger partial charge < -0.3 is 14.5 Å². The monoisotopic (exact) mass is 389 g/mol. The van der Waals surface area contributed by atoms with E-state index in [1.165, 1.54) is 29.5 Å². The number of ether oxygens (including phenoxy) is 1. The highest BCUT2D eigenvalue weighted by atomic mass is 16.5. The molecule has 1 amide bonds. The molecule has 4 rings (SSSR count). The van der Waals surface area contributed by atoms with Crippen LogP contribution in [-0.4, -0.2) is 24.3 Å². The summed E-state index contributed by atoms with van der Waals surface area (Å²) in [7, 11) is 0. The van der Waals surface area contributed by atoms with Gasteiger partial charge in [-0.3, -0.25) is 9.59 Å². The fourth-order valence-corrected chi connectivity index (χ4v) is 3.33. The van der Waals surface area contributed by atoms with Crippen molar-refractivity contribution in [2.24, 2.45) is 0 Å². The summed E-state index contributed by atoms with van der Waals surface area (Å²) in [6.45, 7) is -0.311. The molecular weight excluding hydrogens is 370 g/mol. The maximum absolute atomic E-state index is 12.3. The Bertz CT molecular complexity index is 1050. The minimum absolute atomic E-state index is 0.193. The predicted molar refractivity (Wildman–Crippen MR) is 106 cm³/mol. The molecule has 1 N–H and O–H groups in total. The van der Waals surface area contributed by atoms with E-state index in [1.807, 2.05) is 12.1 Å². The van der Waals surface area contributed by atoms with Gasteiger partial charge in [-0.15, -0.1) is 0 Å². The van der Waals surface area contributed by atoms with Crippen molar-refractivity contribution in [2.75, 3.05) is 11.9 Å². The number of Topliss-reactive ketones (excluding diaryl/α,β-unsaturated/α-hetero) is 1. The number of anilines is 1. The summed E-state index contributed by atoms with van der Waals surface area (Å²) in [5.41, 5.74) is 3.86. The van der Waals surface area contributed by atoms with Crippen LogP contribution >= 0.6 is 0 Å². The number of rotatable bonds is 6. The molecule has 6 nitrogen and oxygen atoms in total. The number of nitrogens with one attached hydrogen (secondary N) is 1. The molecule has 3 aromatic rings. The zero-order valence-corrected chi connectivity index (χ0v) is 15.6. The van der Waals surface area contributed by atoms with Crippen molar-refractivity contribution < 1.29 is 23.5 Å². The Morgan fingerprint density at radius 1 is 0.931 bits per heavy atom. The molecule has 29 heavy (non-hydrogen) atoms. The van der Waals surface area contributed by atoms with Crippen molar-refractivity contribution in [2.45, 2.75) is 19.3 Å². The summed E-state index contributed by atoms with van der Waals surface area (Å²) >= 11 is 0. The Balaban J connectivity index is 1.32. The lowest BCUT2D eigenvalue weighted by molar-refractivity contribution is 0.0475. The third-order valence-corrected chi connectivity index (χ3v) is 4.88. The number of esters is 1. The minimum Gasteiger partial charge on any atom is -0.459 e. The summed E-state index contributed by atoms with van der Waals surface area (Å²) in [4.78, 5) is 36.5. The third kappa shape index (κ3) is 4.27. The molecule has 0 saturated carbocycles. The van der Waals surface area contributed by atoms with Gasteiger partial charge >= 0.3 is 5.97 Å². The fraction of sp³-hybridized carbons (Fsp3) is 0.174. The van der Waals surface area contributed by atoms with Gasteiger partial charge in [-0.05, 0) is 72.9 Å². The van der Waals surface area contributed by atoms with Gasteiger partial charge in [-0.25, -0.2) is 4.79 Å². The van der Waals surface area contributed by atoms with Gasteiger partial charge in [0.1, 0.15) is 0 Å². The van der Waals surface area contributed by atoms with E-state index < -0.39 is 5.97 Å². The number of carbonyl (C=O) groups excluding carboxylic acids is 3. The van der Waals surface area contributed by atoms with Gasteiger partial charge in [0, 0.05) is 11.3 Å². The van der Waals surface area contributed by atoms with Gasteiger partial charge in [-0.1, -0.05) is 12.1 Å². The van der Waals surface area contributed by atoms with E-state index in [0.29, 0.717) is 16.8 Å². The molecule has 2 aromatic carbocycles. The average molecular weight is 389 g/mol. The van der Waals surface area contributed by atoms with E-state index >= 15 is 0 Å². The molecule has 1 aromatic heterocycles. The number of furan rings is 1. The SMILES string of the molecule is O=C(COC(=O)c1ccc(NC(=O)c2ccco2)cc1)c1ccc2c(c1)CCC2. The minimum atomic E-state index is -0.594. The zero-order chi connectivity index (χ0) is 20.2. The third-order valence-electron chi connectivity index (χ3n) is 4.88. The second-order valence-electron chi connectivity index (χ2n) is 6.85. The van der Waals surface area contributed by atoms with Crippen LogP contribution in [0.15, 0.2) is 65.3 Å². The van der Waals surface area contributed by atoms with Gasteiger partial charge in [0.25, 0.3) is 5.91 Å². The van der Waals surface area contributed by atoms with Crippen molar-refractivity contribution in [3.63, 3.8) is 0 Å². The van der Waals surface area contributed by atoms with Gasteiger partial charge in [-0.2, -0.15) is 0 Å². The lowest BCUT2D eigenvalue weighted by Crippen LogP contribution is -2.15. The summed E-state index contributed by atoms with van der Waals surface area (Å²) in [6.07, 6.45) is 4.56. The number of amides is 1. The summed E-state index contributed by atoms with van der Waals surface area (Å²) in [5.74, 6) is -1.01. The molecule has 0 saturated heterocycles. The van der Waals surface area contributed by atoms with Crippen LogP contribution in [0.4, 0.5) is 5.69 Å². The summed E-state index contributed by atoms with van der Waals surface area (Å²) < 4.78 is 10.2. The van der Waals surface area contributed by atoms with E-state index in [2.05, 4.69) is 5.32 Å². The molecule has 1 aliphatic carbocycles. The van der Waals surface area contributed by atoms with Crippen LogP contribution in [0.3, 0.4) is 0 Å². The molecule has 146 valence electrons. The molecular formula is C23H19NO5. The van der Waals surface area contributed by atoms with Crippen LogP contribution in [0.2, 0.25) is 0 Å². The van der Waals surface area contributed by atoms with Crippen molar-refractivity contribution in [1.82, 2.24) is 0 Å². The number of aryl methyl sites for hydroxylation is 2. The maximum atomic E-state index is 12.3. The molecule has 0 aliphatic heterocycles. The molecule has 1 aliphatic rings. The molecule has 1 heterocycles. The average Bonchev–Trinajstić information content (AvgIpc) is 3.43. The van der Waals surface area contributed by atoms with Crippen LogP contribution in [0.5, 0.6) is 0 Å². The highest BCUT2D eigenvalue weighted by Crippen LogP contribution is 2.23. The normalized spacial score (nSPS) is 12.3. The smallest absolute Gasteiger partial charge is 0.338 e. The highest BCUT2D eigenvalue weighted by Gasteiger charge is 2.16. The first-order valence-electron chi connectivity index (χ1n) is 9.37. The number of ketones is 1. The lowest BCUT2D eigenvalue weighted by atomic mass is 10.0. The second kappa shape index (κ2) is 8.14. The first kappa shape index (κ1) is 18.7. The van der Waals surface area contributed by atoms with Crippen LogP contribution in [0, 0.1) is 0 Å². The Morgan fingerprint density at radius 3 is 2.45 bits per heavy atom. The lowest BCUT2D eigenvalue weighted by Gasteiger charge is -2.07. The largest absolute Gasteiger partial charge is 0.459 e. The van der Waals surface area contributed by atoms with E-state index in [1.54, 1.807) is 30.3 Å². The summed E-state index contributed by atoms with van der Waals surface area (Å²) in [5, 5.41) is 2.66. The Kier molecular flexibility index (Phi) is 5.24. The maximum Gasteiger partial charge on any atom is 0.338 e. The first-order valence-corrected chi connectivity index (χ1v) is 9.37. The van der Waals surface area contributed by atoms with Crippen molar-refractivity contribution in [3.8, 4) is 0 Å². The molecule has 6 heteroatoms. The molecule has 0 fully saturated rings. The van der Waals surface area contributed by atoms with E-state index in [9.17, 15) is 14.4 Å². The topological polar surface area (TPSA) is 85.6 Å². The van der Waals surface area contributed by atoms with E-state index in [0.717, 1.165) is 19.3 Å². The highest BCUT2D eigenvalue weighted by molar-refractivity contribution is 6.02. The first-order chi connectivity index (χ1) is 14.1. The quantitative estimate of drug-likeness (QED) is 0.508. The van der Waals surface area contributed by atoms with Crippen molar-refractivity contribution in [3.05, 3.63) is 88.9 Å². The number of fused-ring (bicyclic) bond motifs is 1. The predicted octanol–water partition coefficient (Wildman–Crippen LogP) is 4.06. The standard InChI is InChI=1S/C23H19NO5/c25-20(18-7-6-15-3-1-4-17(15)13-18)14-29-23(27)16-8-10-19(11-9-16)24-22(26)21-5-2-12-28-21/h2,5-13H,1,3-4,14H2,(H,24,26). The van der Waals surface area contributed by atoms with Crippen LogP contribution in [0.25, 0.3) is 0 Å². The van der Waals surface area contributed by atoms with Crippen LogP contribution in [0.1, 0.15) is 48.8 Å². The van der Waals surface area contributed by atoms with Gasteiger partial charge in [0.05, 0.1) is 11.8 Å². The Labute approximate surface area is 167 Å². The number of hydrogen-bond acceptors (Lipinski definition) is 5. The van der Waals surface area contributed by atoms with Crippen molar-refractivity contribution >= 4 is 23.3 Å². The summed E-state index contributed by atoms with van der Waals surface area (Å²) in [6, 6.07) is 15.1. The van der Waals surface area contributed by atoms with Crippen LogP contribution in [-0.2, 0) is 17.6 Å². The Hall–Kier alpha value is -3.67. The molecule has 0 atom stereocenters. The van der Waals surface area contributed by atoms with Crippen molar-refractivity contribution in [1.29, 1.82) is 0 Å². The van der Waals surface area contributed by atoms with E-state index in [-0.39, 0.29) is 24.1 Å². The van der Waals surface area contributed by atoms with Gasteiger partial charge in [0.2, 0.25) is 0 Å². The molecule has 0 bridgehead atoms. The number of carbonyl (C=O) groups is 3. The number of benzene rings is 2. The zero-order valence-electron chi connectivity index (χ0n) is 15.6. The number of hydrogen-bond donors (Lipinski definition) is 1. The Morgan fingerprint density at radius 2 is 1.69 bits per heavy atom. The molecule has 0 radical (unpaired) electrons. The molecule has 0 unspecified atom stereocenters. The van der Waals surface area contributed by atoms with Crippen LogP contribution < -0.4 is 5.32 Å².